The molecular formula is C20H20Cl2CrN. The van der Waals surface area contributed by atoms with E-state index in [-0.39, 0.29) is 47.6 Å². The molecule has 4 heteroatoms. The number of benzene rings is 1. The van der Waals surface area contributed by atoms with Crippen molar-refractivity contribution < 1.29 is 42.2 Å². The summed E-state index contributed by atoms with van der Waals surface area (Å²) in [5, 5.41) is 0. The molecule has 0 bridgehead atoms. The predicted octanol–water partition coefficient (Wildman–Crippen LogP) is -1.33. The molecule has 0 saturated heterocycles. The zero-order chi connectivity index (χ0) is 14.7. The third-order valence-corrected chi connectivity index (χ3v) is 4.16. The van der Waals surface area contributed by atoms with Crippen LogP contribution in [0.15, 0.2) is 72.0 Å². The van der Waals surface area contributed by atoms with Crippen molar-refractivity contribution in [2.24, 2.45) is 0 Å². The number of rotatable bonds is 4. The topological polar surface area (TPSA) is 12.9 Å². The van der Waals surface area contributed by atoms with Crippen LogP contribution in [-0.2, 0) is 29.2 Å². The Labute approximate surface area is 168 Å². The van der Waals surface area contributed by atoms with Crippen LogP contribution in [0.1, 0.15) is 31.5 Å². The molecule has 1 aliphatic rings. The van der Waals surface area contributed by atoms with Gasteiger partial charge in [0.2, 0.25) is 0 Å². The fourth-order valence-corrected chi connectivity index (χ4v) is 2.75. The Bertz CT molecular complexity index is 679. The molecule has 0 spiro atoms. The first-order valence-corrected chi connectivity index (χ1v) is 7.44. The van der Waals surface area contributed by atoms with Crippen molar-refractivity contribution in [1.29, 1.82) is 0 Å². The second-order valence-electron chi connectivity index (χ2n) is 6.04. The summed E-state index contributed by atoms with van der Waals surface area (Å²) in [5.74, 6) is 0. The van der Waals surface area contributed by atoms with Gasteiger partial charge in [-0.1, -0.05) is 56.7 Å². The number of allylic oxidation sites excluding steroid dienone is 4. The summed E-state index contributed by atoms with van der Waals surface area (Å²) in [5.41, 5.74) is 5.01. The third-order valence-electron chi connectivity index (χ3n) is 4.16. The fourth-order valence-electron chi connectivity index (χ4n) is 2.75. The molecule has 1 aliphatic carbocycles. The van der Waals surface area contributed by atoms with Crippen molar-refractivity contribution in [1.82, 2.24) is 4.98 Å². The molecule has 2 aromatic rings. The summed E-state index contributed by atoms with van der Waals surface area (Å²) in [6.45, 7) is 4.47. The molecule has 125 valence electrons. The summed E-state index contributed by atoms with van der Waals surface area (Å²) >= 11 is 0. The molecule has 0 unspecified atom stereocenters. The molecule has 0 fully saturated rings. The summed E-state index contributed by atoms with van der Waals surface area (Å²) in [6.07, 6.45) is 9.72. The van der Waals surface area contributed by atoms with Gasteiger partial charge in [-0.2, -0.15) is 5.57 Å². The maximum absolute atomic E-state index is 4.52. The molecule has 0 amide bonds. The van der Waals surface area contributed by atoms with E-state index in [1.807, 2.05) is 12.3 Å². The van der Waals surface area contributed by atoms with Gasteiger partial charge in [0.15, 0.2) is 0 Å². The molecule has 0 N–H and O–H groups in total. The van der Waals surface area contributed by atoms with Crippen molar-refractivity contribution in [2.75, 3.05) is 0 Å². The van der Waals surface area contributed by atoms with Crippen molar-refractivity contribution in [3.05, 3.63) is 89.3 Å². The van der Waals surface area contributed by atoms with Crippen LogP contribution in [0.3, 0.4) is 0 Å². The van der Waals surface area contributed by atoms with Gasteiger partial charge < -0.3 is 24.8 Å². The van der Waals surface area contributed by atoms with E-state index in [1.165, 1.54) is 16.7 Å². The molecular weight excluding hydrogens is 377 g/mol. The Kier molecular flexibility index (Phi) is 9.63. The van der Waals surface area contributed by atoms with Gasteiger partial charge in [-0.25, -0.2) is 17.7 Å². The molecule has 0 aliphatic heterocycles. The predicted molar refractivity (Wildman–Crippen MR) is 86.9 cm³/mol. The van der Waals surface area contributed by atoms with Crippen LogP contribution >= 0.6 is 0 Å². The minimum absolute atomic E-state index is 0. The minimum atomic E-state index is -0.0593. The molecule has 1 heterocycles. The second kappa shape index (κ2) is 10.1. The van der Waals surface area contributed by atoms with Gasteiger partial charge in [-0.05, 0) is 24.1 Å². The Hall–Kier alpha value is -1.04. The third kappa shape index (κ3) is 5.23. The molecule has 0 atom stereocenters. The van der Waals surface area contributed by atoms with Crippen molar-refractivity contribution in [3.8, 4) is 0 Å². The SMILES string of the molecule is CC(C)(C1=[C-]C(Cc2ccccc2)=CC1)c1ccccn1.[Cl-].[Cl-].[Cr+3]. The van der Waals surface area contributed by atoms with Gasteiger partial charge in [-0.3, -0.25) is 4.98 Å². The van der Waals surface area contributed by atoms with E-state index in [0.717, 1.165) is 18.5 Å². The zero-order valence-electron chi connectivity index (χ0n) is 13.8. The van der Waals surface area contributed by atoms with E-state index in [4.69, 9.17) is 0 Å². The van der Waals surface area contributed by atoms with Crippen LogP contribution in [0.25, 0.3) is 0 Å². The number of aromatic nitrogens is 1. The van der Waals surface area contributed by atoms with Gasteiger partial charge in [0.1, 0.15) is 0 Å². The van der Waals surface area contributed by atoms with Gasteiger partial charge >= 0.3 is 17.4 Å². The van der Waals surface area contributed by atoms with Crippen LogP contribution in [0, 0.1) is 6.08 Å². The Balaban J connectivity index is 0.00000176. The average Bonchev–Trinajstić information content (AvgIpc) is 2.98. The largest absolute Gasteiger partial charge is 3.00 e. The van der Waals surface area contributed by atoms with Crippen LogP contribution in [0.5, 0.6) is 0 Å². The molecule has 24 heavy (non-hydrogen) atoms. The van der Waals surface area contributed by atoms with E-state index in [0.29, 0.717) is 0 Å². The molecule has 1 aromatic heterocycles. The first-order valence-electron chi connectivity index (χ1n) is 7.44. The van der Waals surface area contributed by atoms with Crippen molar-refractivity contribution in [2.45, 2.75) is 32.1 Å². The quantitative estimate of drug-likeness (QED) is 0.583. The van der Waals surface area contributed by atoms with E-state index < -0.39 is 0 Å². The van der Waals surface area contributed by atoms with Crippen molar-refractivity contribution in [3.63, 3.8) is 0 Å². The molecule has 1 aromatic carbocycles. The van der Waals surface area contributed by atoms with E-state index in [9.17, 15) is 0 Å². The molecule has 1 nitrogen and oxygen atoms in total. The molecule has 1 radical (unpaired) electrons. The Morgan fingerprint density at radius 3 is 2.29 bits per heavy atom. The number of hydrogen-bond acceptors (Lipinski definition) is 1. The van der Waals surface area contributed by atoms with Crippen LogP contribution in [0.4, 0.5) is 0 Å². The minimum Gasteiger partial charge on any atom is -1.00 e. The van der Waals surface area contributed by atoms with Gasteiger partial charge in [0, 0.05) is 17.3 Å². The van der Waals surface area contributed by atoms with Crippen LogP contribution in [-0.4, -0.2) is 4.98 Å². The number of hydrogen-bond donors (Lipinski definition) is 0. The van der Waals surface area contributed by atoms with Crippen LogP contribution < -0.4 is 24.8 Å². The fraction of sp³-hybridized carbons (Fsp3) is 0.250. The summed E-state index contributed by atoms with van der Waals surface area (Å²) in [6, 6.07) is 16.7. The number of pyridine rings is 1. The summed E-state index contributed by atoms with van der Waals surface area (Å²) in [4.78, 5) is 4.52. The van der Waals surface area contributed by atoms with E-state index >= 15 is 0 Å². The van der Waals surface area contributed by atoms with Gasteiger partial charge in [0.25, 0.3) is 0 Å². The Morgan fingerprint density at radius 1 is 1.00 bits per heavy atom. The van der Waals surface area contributed by atoms with E-state index in [1.54, 1.807) is 0 Å². The normalized spacial score (nSPS) is 12.9. The van der Waals surface area contributed by atoms with Gasteiger partial charge in [0.05, 0.1) is 0 Å². The maximum atomic E-state index is 4.52. The second-order valence-corrected chi connectivity index (χ2v) is 6.04. The standard InChI is InChI=1S/C20H20N.2ClH.Cr/c1-20(2,19-10-6-7-13-21-19)18-12-11-17(15-18)14-16-8-4-3-5-9-16;;;/h3-11,13H,12,14H2,1-2H3;2*1H;/q-1;;;+3/p-2. The summed E-state index contributed by atoms with van der Waals surface area (Å²) in [7, 11) is 0. The van der Waals surface area contributed by atoms with Crippen molar-refractivity contribution >= 4 is 0 Å². The van der Waals surface area contributed by atoms with Gasteiger partial charge in [-0.15, -0.1) is 0 Å². The first kappa shape index (κ1) is 23.0. The average molecular weight is 397 g/mol. The van der Waals surface area contributed by atoms with E-state index in [2.05, 4.69) is 73.4 Å². The number of nitrogens with zero attached hydrogens (tertiary/aromatic N) is 1. The summed E-state index contributed by atoms with van der Waals surface area (Å²) < 4.78 is 0. The maximum Gasteiger partial charge on any atom is 3.00 e. The Morgan fingerprint density at radius 2 is 1.67 bits per heavy atom. The first-order chi connectivity index (χ1) is 10.2. The van der Waals surface area contributed by atoms with Crippen LogP contribution in [0.2, 0.25) is 0 Å². The zero-order valence-corrected chi connectivity index (χ0v) is 16.6. The number of halogens is 2. The smallest absolute Gasteiger partial charge is 1.00 e. The molecule has 0 saturated carbocycles. The molecule has 3 rings (SSSR count). The monoisotopic (exact) mass is 396 g/mol.